The molecular formula is C22H31FN4O2S. The topological polar surface area (TPSA) is 66.4 Å². The third-order valence-electron chi connectivity index (χ3n) is 5.48. The van der Waals surface area contributed by atoms with Crippen molar-refractivity contribution in [1.29, 1.82) is 0 Å². The van der Waals surface area contributed by atoms with Gasteiger partial charge in [0.05, 0.1) is 5.75 Å². The molecule has 1 fully saturated rings. The normalized spacial score (nSPS) is 15.9. The molecule has 0 unspecified atom stereocenters. The zero-order chi connectivity index (χ0) is 21.7. The Morgan fingerprint density at radius 1 is 1.10 bits per heavy atom. The minimum atomic E-state index is -3.22. The van der Waals surface area contributed by atoms with E-state index >= 15 is 0 Å². The molecule has 1 aliphatic heterocycles. The molecule has 1 aromatic heterocycles. The summed E-state index contributed by atoms with van der Waals surface area (Å²) < 4.78 is 40.6. The molecule has 6 nitrogen and oxygen atoms in total. The van der Waals surface area contributed by atoms with Crippen molar-refractivity contribution in [2.45, 2.75) is 46.5 Å². The van der Waals surface area contributed by atoms with Gasteiger partial charge in [-0.2, -0.15) is 0 Å². The van der Waals surface area contributed by atoms with Crippen LogP contribution in [0.3, 0.4) is 0 Å². The van der Waals surface area contributed by atoms with Crippen LogP contribution in [0.25, 0.3) is 0 Å². The summed E-state index contributed by atoms with van der Waals surface area (Å²) >= 11 is 0. The molecule has 1 aromatic carbocycles. The van der Waals surface area contributed by atoms with Crippen molar-refractivity contribution in [2.75, 3.05) is 36.8 Å². The van der Waals surface area contributed by atoms with Crippen LogP contribution in [0.4, 0.5) is 10.2 Å². The fourth-order valence-corrected chi connectivity index (χ4v) is 5.56. The fraction of sp³-hybridized carbons (Fsp3) is 0.545. The molecule has 0 radical (unpaired) electrons. The summed E-state index contributed by atoms with van der Waals surface area (Å²) in [6.45, 7) is 8.11. The summed E-state index contributed by atoms with van der Waals surface area (Å²) in [6, 6.07) is 6.58. The Morgan fingerprint density at radius 3 is 2.63 bits per heavy atom. The summed E-state index contributed by atoms with van der Waals surface area (Å²) in [5.41, 5.74) is 2.71. The Hall–Kier alpha value is -2.06. The van der Waals surface area contributed by atoms with Crippen LogP contribution in [-0.4, -0.2) is 54.6 Å². The van der Waals surface area contributed by atoms with E-state index in [1.807, 2.05) is 26.8 Å². The van der Waals surface area contributed by atoms with Crippen LogP contribution < -0.4 is 4.90 Å². The molecule has 0 saturated carbocycles. The standard InChI is InChI=1S/C22H31FN4O2S/c1-4-5-14-30(28,29)27-11-7-10-26(12-13-27)22-21(17(2)24-18(3)25-22)16-19-8-6-9-20(23)15-19/h6,8-9,15H,4-5,7,10-14,16H2,1-3H3. The molecule has 0 aliphatic carbocycles. The highest BCUT2D eigenvalue weighted by atomic mass is 32.2. The van der Waals surface area contributed by atoms with Crippen LogP contribution >= 0.6 is 0 Å². The number of anilines is 1. The van der Waals surface area contributed by atoms with E-state index in [1.54, 1.807) is 10.4 Å². The van der Waals surface area contributed by atoms with Crippen molar-refractivity contribution in [3.05, 3.63) is 52.7 Å². The van der Waals surface area contributed by atoms with Gasteiger partial charge in [0, 0.05) is 43.9 Å². The van der Waals surface area contributed by atoms with E-state index < -0.39 is 10.0 Å². The third-order valence-corrected chi connectivity index (χ3v) is 7.43. The van der Waals surface area contributed by atoms with E-state index in [4.69, 9.17) is 4.98 Å². The molecule has 0 amide bonds. The van der Waals surface area contributed by atoms with Gasteiger partial charge in [-0.3, -0.25) is 0 Å². The van der Waals surface area contributed by atoms with Crippen molar-refractivity contribution in [2.24, 2.45) is 0 Å². The van der Waals surface area contributed by atoms with Crippen molar-refractivity contribution < 1.29 is 12.8 Å². The van der Waals surface area contributed by atoms with Crippen molar-refractivity contribution in [1.82, 2.24) is 14.3 Å². The lowest BCUT2D eigenvalue weighted by Crippen LogP contribution is -2.37. The van der Waals surface area contributed by atoms with Gasteiger partial charge in [0.1, 0.15) is 17.5 Å². The van der Waals surface area contributed by atoms with Gasteiger partial charge in [0.2, 0.25) is 10.0 Å². The number of aryl methyl sites for hydroxylation is 2. The predicted octanol–water partition coefficient (Wildman–Crippen LogP) is 3.47. The van der Waals surface area contributed by atoms with Gasteiger partial charge in [-0.05, 0) is 44.4 Å². The van der Waals surface area contributed by atoms with Gasteiger partial charge in [0.15, 0.2) is 0 Å². The summed E-state index contributed by atoms with van der Waals surface area (Å²) in [5.74, 6) is 1.46. The number of sulfonamides is 1. The van der Waals surface area contributed by atoms with E-state index in [0.29, 0.717) is 38.3 Å². The molecule has 0 N–H and O–H groups in total. The number of nitrogens with zero attached hydrogens (tertiary/aromatic N) is 4. The molecule has 2 aromatic rings. The molecule has 0 atom stereocenters. The van der Waals surface area contributed by atoms with Crippen LogP contribution in [0.15, 0.2) is 24.3 Å². The molecule has 2 heterocycles. The van der Waals surface area contributed by atoms with Crippen molar-refractivity contribution in [3.8, 4) is 0 Å². The van der Waals surface area contributed by atoms with E-state index in [2.05, 4.69) is 9.88 Å². The average Bonchev–Trinajstić information content (AvgIpc) is 2.95. The molecule has 30 heavy (non-hydrogen) atoms. The molecule has 3 rings (SSSR count). The maximum atomic E-state index is 13.7. The number of aromatic nitrogens is 2. The number of unbranched alkanes of at least 4 members (excludes halogenated alkanes) is 1. The van der Waals surface area contributed by atoms with Crippen LogP contribution in [0, 0.1) is 19.7 Å². The molecule has 1 saturated heterocycles. The molecule has 0 bridgehead atoms. The zero-order valence-corrected chi connectivity index (χ0v) is 18.9. The minimum absolute atomic E-state index is 0.208. The van der Waals surface area contributed by atoms with Gasteiger partial charge in [-0.25, -0.2) is 27.1 Å². The van der Waals surface area contributed by atoms with Crippen LogP contribution in [0.5, 0.6) is 0 Å². The Kier molecular flexibility index (Phi) is 7.41. The first kappa shape index (κ1) is 22.6. The smallest absolute Gasteiger partial charge is 0.214 e. The maximum Gasteiger partial charge on any atom is 0.214 e. The van der Waals surface area contributed by atoms with Gasteiger partial charge in [-0.15, -0.1) is 0 Å². The lowest BCUT2D eigenvalue weighted by molar-refractivity contribution is 0.432. The van der Waals surface area contributed by atoms with Crippen LogP contribution in [-0.2, 0) is 16.4 Å². The number of hydrogen-bond acceptors (Lipinski definition) is 5. The third kappa shape index (κ3) is 5.55. The van der Waals surface area contributed by atoms with Gasteiger partial charge in [0.25, 0.3) is 0 Å². The average molecular weight is 435 g/mol. The highest BCUT2D eigenvalue weighted by molar-refractivity contribution is 7.89. The quantitative estimate of drug-likeness (QED) is 0.668. The highest BCUT2D eigenvalue weighted by Crippen LogP contribution is 2.26. The summed E-state index contributed by atoms with van der Waals surface area (Å²) in [6.07, 6.45) is 2.83. The number of halogens is 1. The van der Waals surface area contributed by atoms with Gasteiger partial charge >= 0.3 is 0 Å². The second-order valence-corrected chi connectivity index (χ2v) is 9.96. The minimum Gasteiger partial charge on any atom is -0.355 e. The van der Waals surface area contributed by atoms with Gasteiger partial charge in [-0.1, -0.05) is 25.5 Å². The summed E-state index contributed by atoms with van der Waals surface area (Å²) in [4.78, 5) is 11.4. The summed E-state index contributed by atoms with van der Waals surface area (Å²) in [7, 11) is -3.22. The lowest BCUT2D eigenvalue weighted by atomic mass is 10.0. The zero-order valence-electron chi connectivity index (χ0n) is 18.1. The van der Waals surface area contributed by atoms with E-state index in [9.17, 15) is 12.8 Å². The van der Waals surface area contributed by atoms with E-state index in [0.717, 1.165) is 42.0 Å². The number of benzene rings is 1. The Labute approximate surface area is 179 Å². The van der Waals surface area contributed by atoms with Crippen LogP contribution in [0.1, 0.15) is 48.8 Å². The van der Waals surface area contributed by atoms with E-state index in [-0.39, 0.29) is 11.6 Å². The fourth-order valence-electron chi connectivity index (χ4n) is 3.88. The Bertz CT molecular complexity index is 981. The first-order valence-electron chi connectivity index (χ1n) is 10.6. The summed E-state index contributed by atoms with van der Waals surface area (Å²) in [5, 5.41) is 0. The second kappa shape index (κ2) is 9.83. The Balaban J connectivity index is 1.84. The highest BCUT2D eigenvalue weighted by Gasteiger charge is 2.26. The van der Waals surface area contributed by atoms with Crippen LogP contribution in [0.2, 0.25) is 0 Å². The molecule has 164 valence electrons. The number of hydrogen-bond donors (Lipinski definition) is 0. The monoisotopic (exact) mass is 434 g/mol. The van der Waals surface area contributed by atoms with Crippen molar-refractivity contribution in [3.63, 3.8) is 0 Å². The van der Waals surface area contributed by atoms with E-state index in [1.165, 1.54) is 12.1 Å². The van der Waals surface area contributed by atoms with Crippen molar-refractivity contribution >= 4 is 15.8 Å². The first-order valence-corrected chi connectivity index (χ1v) is 12.2. The molecular weight excluding hydrogens is 403 g/mol. The maximum absolute atomic E-state index is 13.7. The lowest BCUT2D eigenvalue weighted by Gasteiger charge is -2.26. The molecule has 8 heteroatoms. The first-order chi connectivity index (χ1) is 14.3. The molecule has 0 spiro atoms. The number of rotatable bonds is 7. The van der Waals surface area contributed by atoms with Gasteiger partial charge < -0.3 is 4.90 Å². The predicted molar refractivity (Wildman–Crippen MR) is 118 cm³/mol. The Morgan fingerprint density at radius 2 is 1.90 bits per heavy atom. The largest absolute Gasteiger partial charge is 0.355 e. The molecule has 1 aliphatic rings. The second-order valence-electron chi connectivity index (χ2n) is 7.87. The SMILES string of the molecule is CCCCS(=O)(=O)N1CCCN(c2nc(C)nc(C)c2Cc2cccc(F)c2)CC1.